The lowest BCUT2D eigenvalue weighted by molar-refractivity contribution is -0.0761. The molecule has 0 amide bonds. The first-order chi connectivity index (χ1) is 15.3. The number of unbranched alkanes of at least 4 members (excludes halogenated alkanes) is 12. The van der Waals surface area contributed by atoms with Gasteiger partial charge in [0.2, 0.25) is 0 Å². The maximum absolute atomic E-state index is 5.85. The smallest absolute Gasteiger partial charge is 0.312 e. The second kappa shape index (κ2) is 18.0. The molecule has 31 heavy (non-hydrogen) atoms. The van der Waals surface area contributed by atoms with Gasteiger partial charge in [0.1, 0.15) is 0 Å². The fourth-order valence-corrected chi connectivity index (χ4v) is 6.15. The molecule has 8 heteroatoms. The van der Waals surface area contributed by atoms with E-state index in [1.165, 1.54) is 77.0 Å². The van der Waals surface area contributed by atoms with Crippen molar-refractivity contribution in [3.8, 4) is 0 Å². The van der Waals surface area contributed by atoms with Gasteiger partial charge in [0, 0.05) is 0 Å². The molecular weight excluding hydrogens is 434 g/mol. The van der Waals surface area contributed by atoms with Crippen molar-refractivity contribution in [2.45, 2.75) is 104 Å². The number of hydrogen-bond donors (Lipinski definition) is 0. The van der Waals surface area contributed by atoms with Gasteiger partial charge >= 0.3 is 17.2 Å². The van der Waals surface area contributed by atoms with Gasteiger partial charge < -0.3 is 27.1 Å². The zero-order valence-corrected chi connectivity index (χ0v) is 21.8. The average Bonchev–Trinajstić information content (AvgIpc) is 2.80. The number of hydrogen-bond acceptors (Lipinski definition) is 6. The van der Waals surface area contributed by atoms with E-state index in [9.17, 15) is 0 Å². The summed E-state index contributed by atoms with van der Waals surface area (Å²) >= 11 is 0. The third kappa shape index (κ3) is 12.6. The molecule has 2 fully saturated rings. The molecule has 1 spiro atoms. The van der Waals surface area contributed by atoms with Gasteiger partial charge in [-0.25, -0.2) is 0 Å². The Morgan fingerprint density at radius 3 is 1.19 bits per heavy atom. The molecule has 0 unspecified atom stereocenters. The fourth-order valence-electron chi connectivity index (χ4n) is 3.63. The second-order valence-electron chi connectivity index (χ2n) is 8.95. The highest BCUT2D eigenvalue weighted by atomic mass is 31.2. The van der Waals surface area contributed by atoms with E-state index in [4.69, 9.17) is 27.1 Å². The summed E-state index contributed by atoms with van der Waals surface area (Å²) in [7, 11) is -2.44. The highest BCUT2D eigenvalue weighted by molar-refractivity contribution is 7.42. The third-order valence-electron chi connectivity index (χ3n) is 5.79. The maximum atomic E-state index is 5.85. The van der Waals surface area contributed by atoms with Gasteiger partial charge in [-0.2, -0.15) is 0 Å². The molecule has 6 nitrogen and oxygen atoms in total. The van der Waals surface area contributed by atoms with Gasteiger partial charge in [-0.05, 0) is 12.8 Å². The van der Waals surface area contributed by atoms with Gasteiger partial charge in [-0.1, -0.05) is 90.9 Å². The molecule has 0 bridgehead atoms. The Bertz CT molecular complexity index is 371. The molecule has 2 saturated heterocycles. The van der Waals surface area contributed by atoms with Crippen LogP contribution in [-0.2, 0) is 27.1 Å². The molecule has 2 aliphatic heterocycles. The normalized spacial score (nSPS) is 26.5. The molecule has 0 radical (unpaired) electrons. The average molecular weight is 481 g/mol. The zero-order chi connectivity index (χ0) is 22.0. The molecular formula is C23H46O6P2. The Morgan fingerprint density at radius 1 is 0.516 bits per heavy atom. The molecule has 0 atom stereocenters. The largest absolute Gasteiger partial charge is 0.332 e. The molecule has 0 aromatic heterocycles. The lowest BCUT2D eigenvalue weighted by Gasteiger charge is -2.41. The lowest BCUT2D eigenvalue weighted by atomic mass is 9.93. The van der Waals surface area contributed by atoms with Crippen LogP contribution in [0, 0.1) is 5.41 Å². The van der Waals surface area contributed by atoms with Crippen molar-refractivity contribution in [2.24, 2.45) is 5.41 Å². The summed E-state index contributed by atoms with van der Waals surface area (Å²) in [5, 5.41) is 0. The molecule has 184 valence electrons. The van der Waals surface area contributed by atoms with Gasteiger partial charge in [-0.15, -0.1) is 0 Å². The standard InChI is InChI=1S/C23H46O6P2/c1-3-5-7-9-11-13-15-17-24-30-26-19-23(20-27-30)21-28-31(29-22-23)25-18-16-14-12-10-8-6-4-2/h3-22H2,1-2H3. The Balaban J connectivity index is 1.43. The van der Waals surface area contributed by atoms with Crippen LogP contribution in [0.3, 0.4) is 0 Å². The maximum Gasteiger partial charge on any atom is 0.332 e. The van der Waals surface area contributed by atoms with E-state index in [-0.39, 0.29) is 5.41 Å². The molecule has 0 aliphatic carbocycles. The molecule has 2 aliphatic rings. The summed E-state index contributed by atoms with van der Waals surface area (Å²) < 4.78 is 35.0. The van der Waals surface area contributed by atoms with Crippen molar-refractivity contribution in [1.82, 2.24) is 0 Å². The highest BCUT2D eigenvalue weighted by Crippen LogP contribution is 2.53. The van der Waals surface area contributed by atoms with E-state index in [2.05, 4.69) is 13.8 Å². The van der Waals surface area contributed by atoms with E-state index in [1.807, 2.05) is 0 Å². The Kier molecular flexibility index (Phi) is 16.2. The van der Waals surface area contributed by atoms with Gasteiger partial charge in [-0.3, -0.25) is 0 Å². The van der Waals surface area contributed by atoms with Crippen LogP contribution in [0.5, 0.6) is 0 Å². The van der Waals surface area contributed by atoms with Crippen molar-refractivity contribution < 1.29 is 27.1 Å². The quantitative estimate of drug-likeness (QED) is 0.146. The van der Waals surface area contributed by atoms with Crippen molar-refractivity contribution in [1.29, 1.82) is 0 Å². The first kappa shape index (κ1) is 27.9. The van der Waals surface area contributed by atoms with E-state index in [0.29, 0.717) is 26.4 Å². The SMILES string of the molecule is CCCCCCCCCOP1OCC2(CO1)COP(OCCCCCCCCC)OC2. The number of rotatable bonds is 18. The molecule has 0 aromatic rings. The van der Waals surface area contributed by atoms with Crippen molar-refractivity contribution in [2.75, 3.05) is 39.6 Å². The van der Waals surface area contributed by atoms with Crippen molar-refractivity contribution >= 4 is 17.2 Å². The van der Waals surface area contributed by atoms with Crippen LogP contribution in [0.4, 0.5) is 0 Å². The summed E-state index contributed by atoms with van der Waals surface area (Å²) in [6.45, 7) is 8.21. The molecule has 0 saturated carbocycles. The lowest BCUT2D eigenvalue weighted by Crippen LogP contribution is -2.44. The van der Waals surface area contributed by atoms with E-state index in [0.717, 1.165) is 26.1 Å². The minimum atomic E-state index is -1.22. The minimum absolute atomic E-state index is 0.219. The first-order valence-corrected chi connectivity index (χ1v) is 14.8. The molecule has 0 aromatic carbocycles. The van der Waals surface area contributed by atoms with E-state index in [1.54, 1.807) is 0 Å². The Labute approximate surface area is 193 Å². The summed E-state index contributed by atoms with van der Waals surface area (Å²) in [6, 6.07) is 0. The van der Waals surface area contributed by atoms with Crippen molar-refractivity contribution in [3.63, 3.8) is 0 Å². The van der Waals surface area contributed by atoms with E-state index < -0.39 is 17.2 Å². The van der Waals surface area contributed by atoms with Crippen LogP contribution >= 0.6 is 17.2 Å². The topological polar surface area (TPSA) is 55.4 Å². The van der Waals surface area contributed by atoms with Gasteiger partial charge in [0.15, 0.2) is 0 Å². The minimum Gasteiger partial charge on any atom is -0.312 e. The van der Waals surface area contributed by atoms with Crippen LogP contribution in [0.15, 0.2) is 0 Å². The summed E-state index contributed by atoms with van der Waals surface area (Å²) in [6.07, 6.45) is 17.9. The summed E-state index contributed by atoms with van der Waals surface area (Å²) in [5.41, 5.74) is -0.219. The third-order valence-corrected chi connectivity index (χ3v) is 7.94. The Hall–Kier alpha value is 0.620. The predicted octanol–water partition coefficient (Wildman–Crippen LogP) is 8.05. The van der Waals surface area contributed by atoms with Crippen LogP contribution in [0.2, 0.25) is 0 Å². The van der Waals surface area contributed by atoms with Crippen LogP contribution in [-0.4, -0.2) is 39.6 Å². The molecule has 2 rings (SSSR count). The predicted molar refractivity (Wildman–Crippen MR) is 128 cm³/mol. The molecule has 2 heterocycles. The zero-order valence-electron chi connectivity index (χ0n) is 20.0. The second-order valence-corrected chi connectivity index (χ2v) is 11.4. The van der Waals surface area contributed by atoms with Crippen LogP contribution in [0.25, 0.3) is 0 Å². The van der Waals surface area contributed by atoms with Crippen LogP contribution < -0.4 is 0 Å². The van der Waals surface area contributed by atoms with Crippen LogP contribution in [0.1, 0.15) is 104 Å². The van der Waals surface area contributed by atoms with Gasteiger partial charge in [0.05, 0.1) is 45.1 Å². The van der Waals surface area contributed by atoms with Gasteiger partial charge in [0.25, 0.3) is 0 Å². The van der Waals surface area contributed by atoms with Crippen molar-refractivity contribution in [3.05, 3.63) is 0 Å². The van der Waals surface area contributed by atoms with E-state index >= 15 is 0 Å². The fraction of sp³-hybridized carbons (Fsp3) is 1.00. The first-order valence-electron chi connectivity index (χ1n) is 12.7. The Morgan fingerprint density at radius 2 is 0.839 bits per heavy atom. The molecule has 0 N–H and O–H groups in total. The monoisotopic (exact) mass is 480 g/mol. The summed E-state index contributed by atoms with van der Waals surface area (Å²) in [4.78, 5) is 0. The highest BCUT2D eigenvalue weighted by Gasteiger charge is 2.43. The summed E-state index contributed by atoms with van der Waals surface area (Å²) in [5.74, 6) is 0.